The fraction of sp³-hybridized carbons (Fsp3) is 0.889. The molecule has 9 atom stereocenters. The second-order valence-electron chi connectivity index (χ2n) is 13.8. The molecule has 4 rings (SSSR count). The number of alkyl halides is 1. The molecule has 0 bridgehead atoms. The molecule has 0 aromatic heterocycles. The zero-order chi connectivity index (χ0) is 28.4. The van der Waals surface area contributed by atoms with Crippen LogP contribution in [0.2, 0.25) is 13.1 Å². The van der Waals surface area contributed by atoms with Crippen molar-refractivity contribution in [1.29, 1.82) is 0 Å². The van der Waals surface area contributed by atoms with E-state index < -0.39 is 80.2 Å². The highest BCUT2D eigenvalue weighted by atomic mass is 28.3. The topological polar surface area (TPSA) is 107 Å². The normalized spacial score (nSPS) is 39.8. The highest BCUT2D eigenvalue weighted by molar-refractivity contribution is 6.55. The predicted molar refractivity (Wildman–Crippen MR) is 136 cm³/mol. The van der Waals surface area contributed by atoms with Gasteiger partial charge < -0.3 is 28.4 Å². The summed E-state index contributed by atoms with van der Waals surface area (Å²) in [5.74, 6) is -4.84. The van der Waals surface area contributed by atoms with Gasteiger partial charge in [-0.05, 0) is 38.0 Å². The zero-order valence-corrected chi connectivity index (χ0v) is 25.2. The summed E-state index contributed by atoms with van der Waals surface area (Å²) in [6.07, 6.45) is -4.00. The molecule has 3 aliphatic heterocycles. The van der Waals surface area contributed by atoms with E-state index in [1.807, 2.05) is 54.6 Å². The first-order valence-electron chi connectivity index (χ1n) is 13.7. The lowest BCUT2D eigenvalue weighted by Gasteiger charge is -2.37. The first kappa shape index (κ1) is 29.4. The van der Waals surface area contributed by atoms with Gasteiger partial charge in [0.25, 0.3) is 0 Å². The maximum absolute atomic E-state index is 15.5. The predicted octanol–water partition coefficient (Wildman–Crippen LogP) is 3.47. The van der Waals surface area contributed by atoms with Gasteiger partial charge >= 0.3 is 17.9 Å². The molecule has 216 valence electrons. The quantitative estimate of drug-likeness (QED) is 0.264. The molecule has 9 nitrogen and oxygen atoms in total. The molecule has 38 heavy (non-hydrogen) atoms. The molecule has 4 aliphatic rings. The van der Waals surface area contributed by atoms with E-state index in [-0.39, 0.29) is 30.4 Å². The minimum Gasteiger partial charge on any atom is -0.469 e. The molecule has 1 aliphatic carbocycles. The first-order chi connectivity index (χ1) is 17.4. The van der Waals surface area contributed by atoms with Crippen LogP contribution in [0.3, 0.4) is 0 Å². The van der Waals surface area contributed by atoms with Crippen molar-refractivity contribution in [3.05, 3.63) is 0 Å². The minimum absolute atomic E-state index is 0.0368. The highest BCUT2D eigenvalue weighted by Gasteiger charge is 2.72. The molecular weight excluding hydrogens is 515 g/mol. The van der Waals surface area contributed by atoms with E-state index in [1.54, 1.807) is 0 Å². The Morgan fingerprint density at radius 3 is 2.34 bits per heavy atom. The molecule has 9 unspecified atom stereocenters. The summed E-state index contributed by atoms with van der Waals surface area (Å²) >= 11 is 0. The molecule has 0 aromatic rings. The molecule has 1 saturated carbocycles. The van der Waals surface area contributed by atoms with Gasteiger partial charge in [-0.2, -0.15) is 0 Å². The highest BCUT2D eigenvalue weighted by Crippen LogP contribution is 2.56. The van der Waals surface area contributed by atoms with Gasteiger partial charge in [-0.1, -0.05) is 47.7 Å². The second kappa shape index (κ2) is 9.81. The smallest absolute Gasteiger partial charge is 0.350 e. The standard InChI is InChI=1S/C27H43FO9Si/c1-14(2)25(6,12-24(3,4)5)23(31)35-17-15-16(33-20(17)29)18-22(34-15)37-27(36-18)11-10-26(7,28)19(27)21(30)32-13-38(8)9/h14-19,22,38H,10-13H2,1-9H3. The van der Waals surface area contributed by atoms with Crippen LogP contribution in [0.1, 0.15) is 67.7 Å². The summed E-state index contributed by atoms with van der Waals surface area (Å²) in [6, 6.07) is 0. The fourth-order valence-electron chi connectivity index (χ4n) is 6.19. The van der Waals surface area contributed by atoms with Crippen LogP contribution in [0.5, 0.6) is 0 Å². The second-order valence-corrected chi connectivity index (χ2v) is 16.9. The van der Waals surface area contributed by atoms with E-state index >= 15 is 4.39 Å². The van der Waals surface area contributed by atoms with E-state index in [0.29, 0.717) is 6.42 Å². The number of carbonyl (C=O) groups excluding carboxylic acids is 3. The Hall–Kier alpha value is -1.56. The number of carbonyl (C=O) groups is 3. The van der Waals surface area contributed by atoms with E-state index in [1.165, 1.54) is 6.92 Å². The van der Waals surface area contributed by atoms with Gasteiger partial charge in [0, 0.05) is 6.42 Å². The van der Waals surface area contributed by atoms with Gasteiger partial charge in [0.1, 0.15) is 17.7 Å². The largest absolute Gasteiger partial charge is 0.469 e. The fourth-order valence-corrected chi connectivity index (χ4v) is 6.69. The molecule has 1 spiro atoms. The van der Waals surface area contributed by atoms with Crippen LogP contribution in [0.4, 0.5) is 4.39 Å². The van der Waals surface area contributed by atoms with Crippen molar-refractivity contribution in [2.75, 3.05) is 6.23 Å². The molecular formula is C27H43FO9Si. The molecule has 3 heterocycles. The van der Waals surface area contributed by atoms with E-state index in [9.17, 15) is 14.4 Å². The lowest BCUT2D eigenvalue weighted by Crippen LogP contribution is -2.49. The van der Waals surface area contributed by atoms with Crippen LogP contribution in [0.25, 0.3) is 0 Å². The minimum atomic E-state index is -1.90. The maximum Gasteiger partial charge on any atom is 0.350 e. The molecule has 0 radical (unpaired) electrons. The van der Waals surface area contributed by atoms with Crippen LogP contribution in [0, 0.1) is 22.7 Å². The lowest BCUT2D eigenvalue weighted by molar-refractivity contribution is -0.258. The summed E-state index contributed by atoms with van der Waals surface area (Å²) < 4.78 is 50.6. The summed E-state index contributed by atoms with van der Waals surface area (Å²) in [6.45, 7) is 17.3. The van der Waals surface area contributed by atoms with Crippen molar-refractivity contribution >= 4 is 26.7 Å². The Morgan fingerprint density at radius 1 is 1.11 bits per heavy atom. The number of halogens is 1. The Kier molecular flexibility index (Phi) is 7.60. The van der Waals surface area contributed by atoms with Crippen molar-refractivity contribution < 1.29 is 47.2 Å². The third-order valence-electron chi connectivity index (χ3n) is 8.31. The summed E-state index contributed by atoms with van der Waals surface area (Å²) in [7, 11) is -1.22. The van der Waals surface area contributed by atoms with Crippen LogP contribution in [-0.2, 0) is 42.8 Å². The first-order valence-corrected chi connectivity index (χ1v) is 16.8. The van der Waals surface area contributed by atoms with Crippen molar-refractivity contribution in [3.8, 4) is 0 Å². The molecule has 4 fully saturated rings. The number of hydrogen-bond donors (Lipinski definition) is 0. The Balaban J connectivity index is 1.49. The van der Waals surface area contributed by atoms with Crippen LogP contribution in [0.15, 0.2) is 0 Å². The number of esters is 3. The molecule has 0 aromatic carbocycles. The van der Waals surface area contributed by atoms with Crippen molar-refractivity contribution in [2.24, 2.45) is 22.7 Å². The third-order valence-corrected chi connectivity index (χ3v) is 9.15. The molecule has 0 amide bonds. The SMILES string of the molecule is CC(C)C(C)(CC(C)(C)C)C(=O)OC1C(=O)OC2C3OC4(CCC(C)(F)C4C(=O)OC[SiH](C)C)OC3OC12. The summed E-state index contributed by atoms with van der Waals surface area (Å²) in [4.78, 5) is 39.2. The number of rotatable bonds is 7. The van der Waals surface area contributed by atoms with E-state index in [0.717, 1.165) is 0 Å². The number of hydrogen-bond acceptors (Lipinski definition) is 9. The van der Waals surface area contributed by atoms with Crippen LogP contribution in [-0.4, -0.2) is 75.1 Å². The van der Waals surface area contributed by atoms with Gasteiger partial charge in [0.2, 0.25) is 6.10 Å². The van der Waals surface area contributed by atoms with Crippen molar-refractivity contribution in [2.45, 2.75) is 123 Å². The monoisotopic (exact) mass is 558 g/mol. The van der Waals surface area contributed by atoms with Gasteiger partial charge in [0.05, 0.1) is 20.4 Å². The Morgan fingerprint density at radius 2 is 1.76 bits per heavy atom. The third kappa shape index (κ3) is 5.15. The average molecular weight is 559 g/mol. The van der Waals surface area contributed by atoms with E-state index in [2.05, 4.69) is 0 Å². The van der Waals surface area contributed by atoms with Gasteiger partial charge in [0.15, 0.2) is 24.3 Å². The van der Waals surface area contributed by atoms with Crippen LogP contribution < -0.4 is 0 Å². The lowest BCUT2D eigenvalue weighted by atomic mass is 9.69. The Bertz CT molecular complexity index is 963. The van der Waals surface area contributed by atoms with Crippen LogP contribution >= 0.6 is 0 Å². The molecule has 3 saturated heterocycles. The van der Waals surface area contributed by atoms with E-state index in [4.69, 9.17) is 28.4 Å². The molecule has 11 heteroatoms. The van der Waals surface area contributed by atoms with Crippen molar-refractivity contribution in [1.82, 2.24) is 0 Å². The number of fused-ring (bicyclic) bond motifs is 3. The average Bonchev–Trinajstić information content (AvgIpc) is 3.44. The van der Waals surface area contributed by atoms with Gasteiger partial charge in [-0.25, -0.2) is 9.18 Å². The van der Waals surface area contributed by atoms with Gasteiger partial charge in [-0.15, -0.1) is 0 Å². The zero-order valence-electron chi connectivity index (χ0n) is 24.0. The molecule has 0 N–H and O–H groups in total. The summed E-state index contributed by atoms with van der Waals surface area (Å²) in [5, 5.41) is 0. The van der Waals surface area contributed by atoms with Gasteiger partial charge in [-0.3, -0.25) is 9.59 Å². The maximum atomic E-state index is 15.5. The number of ether oxygens (including phenoxy) is 6. The summed E-state index contributed by atoms with van der Waals surface area (Å²) in [5.41, 5.74) is -2.87. The van der Waals surface area contributed by atoms with Crippen molar-refractivity contribution in [3.63, 3.8) is 0 Å². The Labute approximate surface area is 226 Å².